The topological polar surface area (TPSA) is 45.2 Å². The summed E-state index contributed by atoms with van der Waals surface area (Å²) in [6, 6.07) is 20.5. The number of hydrogen-bond donors (Lipinski definition) is 1. The van der Waals surface area contributed by atoms with E-state index >= 15 is 0 Å². The summed E-state index contributed by atoms with van der Waals surface area (Å²) < 4.78 is 88.1. The maximum absolute atomic E-state index is 13.4. The first-order valence-corrected chi connectivity index (χ1v) is 15.1. The van der Waals surface area contributed by atoms with E-state index in [2.05, 4.69) is 9.64 Å². The van der Waals surface area contributed by atoms with E-state index in [1.54, 1.807) is 34.5 Å². The molecule has 0 aromatic heterocycles. The second kappa shape index (κ2) is 11.5. The second-order valence-corrected chi connectivity index (χ2v) is 13.0. The van der Waals surface area contributed by atoms with Gasteiger partial charge in [0.2, 0.25) is 0 Å². The number of ether oxygens (including phenoxy) is 2. The fraction of sp³-hybridized carbons (Fsp3) is 0.379. The molecule has 12 heteroatoms. The molecule has 3 aromatic rings. The third kappa shape index (κ3) is 6.54. The Bertz CT molecular complexity index is 1370. The fourth-order valence-corrected chi connectivity index (χ4v) is 8.06. The number of hydrogen-bond acceptors (Lipinski definition) is 5. The Morgan fingerprint density at radius 3 is 2.46 bits per heavy atom. The molecule has 1 fully saturated rings. The number of methoxy groups -OCH3 is 1. The number of alkyl halides is 7. The van der Waals surface area contributed by atoms with Crippen molar-refractivity contribution in [2.75, 3.05) is 34.8 Å². The Kier molecular flexibility index (Phi) is 8.37. The number of benzene rings is 3. The first-order chi connectivity index (χ1) is 19.4. The van der Waals surface area contributed by atoms with Crippen LogP contribution < -0.4 is 34.2 Å². The van der Waals surface area contributed by atoms with Gasteiger partial charge in [-0.1, -0.05) is 0 Å². The molecule has 2 aliphatic rings. The average molecular weight is 693 g/mol. The molecule has 1 saturated heterocycles. The number of halogens is 7. The molecule has 3 atom stereocenters. The number of anilines is 2. The van der Waals surface area contributed by atoms with Crippen molar-refractivity contribution in [2.45, 2.75) is 41.0 Å². The van der Waals surface area contributed by atoms with Crippen LogP contribution in [0.15, 0.2) is 72.8 Å². The zero-order chi connectivity index (χ0) is 29.4. The van der Waals surface area contributed by atoms with E-state index in [4.69, 9.17) is 4.74 Å². The van der Waals surface area contributed by atoms with E-state index < -0.39 is 43.5 Å². The van der Waals surface area contributed by atoms with E-state index in [1.807, 2.05) is 30.3 Å². The van der Waals surface area contributed by atoms with Crippen molar-refractivity contribution in [3.8, 4) is 5.75 Å². The Hall–Kier alpha value is -2.71. The van der Waals surface area contributed by atoms with Gasteiger partial charge in [0.15, 0.2) is 0 Å². The Balaban J connectivity index is 1.59. The van der Waals surface area contributed by atoms with Crippen molar-refractivity contribution in [3.63, 3.8) is 0 Å². The first-order valence-electron chi connectivity index (χ1n) is 12.9. The molecule has 1 N–H and O–H groups in total. The molecule has 3 aromatic carbocycles. The Labute approximate surface area is 244 Å². The normalized spacial score (nSPS) is 21.8. The number of aliphatic hydroxyl groups excluding tert-OH is 1. The summed E-state index contributed by atoms with van der Waals surface area (Å²) in [7, 11) is 1.67. The van der Waals surface area contributed by atoms with Crippen molar-refractivity contribution in [2.24, 2.45) is 0 Å². The van der Waals surface area contributed by atoms with Gasteiger partial charge in [0.05, 0.1) is 0 Å². The molecule has 0 aliphatic carbocycles. The molecule has 2 aliphatic heterocycles. The van der Waals surface area contributed by atoms with Gasteiger partial charge >= 0.3 is 245 Å². The Morgan fingerprint density at radius 2 is 1.76 bits per heavy atom. The van der Waals surface area contributed by atoms with Gasteiger partial charge in [-0.2, -0.15) is 0 Å². The van der Waals surface area contributed by atoms with Crippen molar-refractivity contribution >= 4 is 11.4 Å². The summed E-state index contributed by atoms with van der Waals surface area (Å²) in [5.74, 6) is -0.371. The van der Waals surface area contributed by atoms with E-state index in [9.17, 15) is 31.4 Å². The van der Waals surface area contributed by atoms with Crippen LogP contribution in [0.5, 0.6) is 5.75 Å². The molecule has 0 saturated carbocycles. The first kappa shape index (κ1) is 29.8. The molecular formula is C29H28F6IN2O3-. The molecule has 5 rings (SSSR count). The standard InChI is InChI=1S/C29H28F6IN2O3/c1-40-23-12-13-37(17-23)21-8-5-7-20(15-21)27(16-19-6-4-9-22(14-19)41-29(33,34)35)18-38(36-26(39)28(30,31)32)25-11-3-2-10-24(25)27/h2-11,14-15,23,26,39H,12-13,16-18H2,1H3/q-1/t23-,26+,27?/m1/s1. The molecule has 5 nitrogen and oxygen atoms in total. The third-order valence-corrected chi connectivity index (χ3v) is 10.2. The van der Waals surface area contributed by atoms with Gasteiger partial charge < -0.3 is 0 Å². The van der Waals surface area contributed by atoms with Crippen molar-refractivity contribution in [3.05, 3.63) is 89.5 Å². The van der Waals surface area contributed by atoms with Crippen molar-refractivity contribution in [1.82, 2.24) is 0 Å². The molecule has 0 amide bonds. The van der Waals surface area contributed by atoms with Crippen molar-refractivity contribution < 1.29 is 62.4 Å². The summed E-state index contributed by atoms with van der Waals surface area (Å²) in [6.45, 7) is 1.59. The molecule has 1 unspecified atom stereocenters. The van der Waals surface area contributed by atoms with E-state index in [0.717, 1.165) is 29.8 Å². The molecule has 222 valence electrons. The van der Waals surface area contributed by atoms with Crippen LogP contribution >= 0.6 is 0 Å². The number of rotatable bonds is 8. The zero-order valence-electron chi connectivity index (χ0n) is 21.9. The van der Waals surface area contributed by atoms with Crippen LogP contribution in [0.3, 0.4) is 0 Å². The van der Waals surface area contributed by atoms with Crippen molar-refractivity contribution in [1.29, 1.82) is 0 Å². The van der Waals surface area contributed by atoms with E-state index in [-0.39, 0.29) is 24.8 Å². The van der Waals surface area contributed by atoms with Gasteiger partial charge in [-0.25, -0.2) is 0 Å². The summed E-state index contributed by atoms with van der Waals surface area (Å²) in [5.41, 5.74) is 2.70. The number of aliphatic hydroxyl groups is 1. The molecule has 0 radical (unpaired) electrons. The average Bonchev–Trinajstić information content (AvgIpc) is 3.52. The van der Waals surface area contributed by atoms with Crippen LogP contribution in [0.2, 0.25) is 0 Å². The molecule has 2 heterocycles. The summed E-state index contributed by atoms with van der Waals surface area (Å²) >= 11 is -1.94. The van der Waals surface area contributed by atoms with Crippen LogP contribution in [0, 0.1) is 0 Å². The predicted octanol–water partition coefficient (Wildman–Crippen LogP) is 3.04. The Morgan fingerprint density at radius 1 is 1.00 bits per heavy atom. The fourth-order valence-electron chi connectivity index (χ4n) is 5.61. The third-order valence-electron chi connectivity index (χ3n) is 7.45. The van der Waals surface area contributed by atoms with Crippen LogP contribution in [-0.4, -0.2) is 54.6 Å². The van der Waals surface area contributed by atoms with Gasteiger partial charge in [0.1, 0.15) is 0 Å². The minimum absolute atomic E-state index is 0.0836. The SMILES string of the molecule is CO[C@@H]1CCN(c2cccc(C3(Cc4cccc(OC(F)(F)F)c4)CN([I-][C@@H](O)C(F)(F)F)c4ccccc43)c2)C1. The molecule has 41 heavy (non-hydrogen) atoms. The number of fused-ring (bicyclic) bond motifs is 1. The van der Waals surface area contributed by atoms with Gasteiger partial charge in [-0.05, 0) is 0 Å². The van der Waals surface area contributed by atoms with E-state index in [1.165, 1.54) is 18.2 Å². The summed E-state index contributed by atoms with van der Waals surface area (Å²) in [4.78, 5) is 2.18. The van der Waals surface area contributed by atoms with Crippen LogP contribution in [-0.2, 0) is 16.6 Å². The second-order valence-electron chi connectivity index (χ2n) is 10.1. The summed E-state index contributed by atoms with van der Waals surface area (Å²) in [6.07, 6.45) is -8.49. The number of nitrogens with zero attached hydrogens (tertiary/aromatic N) is 2. The van der Waals surface area contributed by atoms with Gasteiger partial charge in [0, 0.05) is 0 Å². The molecule has 0 bridgehead atoms. The minimum atomic E-state index is -4.87. The molecule has 0 spiro atoms. The zero-order valence-corrected chi connectivity index (χ0v) is 24.1. The maximum atomic E-state index is 13.4. The molecular weight excluding hydrogens is 665 g/mol. The monoisotopic (exact) mass is 693 g/mol. The van der Waals surface area contributed by atoms with Crippen LogP contribution in [0.1, 0.15) is 23.1 Å². The quantitative estimate of drug-likeness (QED) is 0.170. The predicted molar refractivity (Wildman–Crippen MR) is 138 cm³/mol. The van der Waals surface area contributed by atoms with E-state index in [0.29, 0.717) is 17.8 Å². The van der Waals surface area contributed by atoms with Crippen LogP contribution in [0.4, 0.5) is 37.7 Å². The van der Waals surface area contributed by atoms with Gasteiger partial charge in [0.25, 0.3) is 0 Å². The summed E-state index contributed by atoms with van der Waals surface area (Å²) in [5, 5.41) is 10.0. The van der Waals surface area contributed by atoms with Gasteiger partial charge in [-0.15, -0.1) is 0 Å². The van der Waals surface area contributed by atoms with Crippen LogP contribution in [0.25, 0.3) is 0 Å². The number of para-hydroxylation sites is 1. The van der Waals surface area contributed by atoms with Gasteiger partial charge in [-0.3, -0.25) is 0 Å².